The molecular formula is C60H78N10O8. The molecule has 9 rings (SSSR count). The number of aromatic amines is 1. The number of aromatic nitrogens is 3. The van der Waals surface area contributed by atoms with Crippen LogP contribution in [0, 0.1) is 5.92 Å². The Kier molecular flexibility index (Phi) is 18.0. The number of nitrogens with zero attached hydrogens (tertiary/aromatic N) is 9. The highest BCUT2D eigenvalue weighted by molar-refractivity contribution is 5.94. The van der Waals surface area contributed by atoms with Crippen molar-refractivity contribution in [1.29, 1.82) is 0 Å². The van der Waals surface area contributed by atoms with E-state index in [0.717, 1.165) is 117 Å². The minimum Gasteiger partial charge on any atom is -0.497 e. The van der Waals surface area contributed by atoms with Crippen LogP contribution in [0.15, 0.2) is 83.9 Å². The molecule has 0 unspecified atom stereocenters. The third-order valence-electron chi connectivity index (χ3n) is 15.7. The van der Waals surface area contributed by atoms with Crippen molar-refractivity contribution in [2.45, 2.75) is 91.3 Å². The average molecular weight is 1070 g/mol. The summed E-state index contributed by atoms with van der Waals surface area (Å²) in [5, 5.41) is 0. The molecule has 0 aliphatic carbocycles. The Labute approximate surface area is 458 Å². The summed E-state index contributed by atoms with van der Waals surface area (Å²) in [4.78, 5) is 94.2. The summed E-state index contributed by atoms with van der Waals surface area (Å²) in [5.74, 6) is 1.56. The lowest BCUT2D eigenvalue weighted by Gasteiger charge is -2.39. The summed E-state index contributed by atoms with van der Waals surface area (Å²) in [6.45, 7) is 20.2. The number of carbonyl (C=O) groups is 4. The van der Waals surface area contributed by atoms with Gasteiger partial charge < -0.3 is 38.8 Å². The van der Waals surface area contributed by atoms with E-state index in [1.165, 1.54) is 4.90 Å². The van der Waals surface area contributed by atoms with Gasteiger partial charge in [0, 0.05) is 126 Å². The predicted octanol–water partition coefficient (Wildman–Crippen LogP) is 7.06. The van der Waals surface area contributed by atoms with Crippen LogP contribution >= 0.6 is 0 Å². The highest BCUT2D eigenvalue weighted by Crippen LogP contribution is 2.31. The van der Waals surface area contributed by atoms with Crippen molar-refractivity contribution in [2.75, 3.05) is 110 Å². The molecule has 0 spiro atoms. The SMILES string of the molecule is CCOc1cc(OC)ccc1CN(CC(=O)N1CCC[C@@H](c2cccc(C(=O)N3CCN(CC4CCN(C(=O)c5ccc(N6CCN(Cc7cnc8cc(CC)c(=O)[nH]c8c7)CC6)cn5)CC4)CC3)c2)C1)C(=O)OC(C)(C)C. The highest BCUT2D eigenvalue weighted by atomic mass is 16.6. The number of H-pyrrole nitrogens is 1. The van der Waals surface area contributed by atoms with Crippen LogP contribution in [-0.4, -0.2) is 179 Å². The van der Waals surface area contributed by atoms with Crippen molar-refractivity contribution >= 4 is 40.5 Å². The Hall–Kier alpha value is -7.05. The first-order valence-electron chi connectivity index (χ1n) is 28.0. The number of piperazine rings is 2. The van der Waals surface area contributed by atoms with Gasteiger partial charge in [-0.05, 0) is 125 Å². The highest BCUT2D eigenvalue weighted by Gasteiger charge is 2.32. The molecule has 7 heterocycles. The molecule has 2 aromatic carbocycles. The number of aryl methyl sites for hydroxylation is 1. The number of rotatable bonds is 16. The zero-order valence-electron chi connectivity index (χ0n) is 46.5. The van der Waals surface area contributed by atoms with E-state index in [1.54, 1.807) is 33.9 Å². The van der Waals surface area contributed by atoms with E-state index < -0.39 is 11.7 Å². The molecule has 0 saturated carbocycles. The molecule has 18 nitrogen and oxygen atoms in total. The number of piperidine rings is 2. The molecular weight excluding hydrogens is 989 g/mol. The molecule has 3 aromatic heterocycles. The van der Waals surface area contributed by atoms with Crippen LogP contribution in [0.25, 0.3) is 11.0 Å². The molecule has 18 heteroatoms. The normalized spacial score (nSPS) is 18.0. The maximum Gasteiger partial charge on any atom is 0.411 e. The lowest BCUT2D eigenvalue weighted by atomic mass is 9.89. The number of carbonyl (C=O) groups excluding carboxylic acids is 4. The molecule has 1 atom stereocenters. The van der Waals surface area contributed by atoms with E-state index in [-0.39, 0.29) is 42.3 Å². The largest absolute Gasteiger partial charge is 0.497 e. The van der Waals surface area contributed by atoms with Gasteiger partial charge in [0.25, 0.3) is 17.4 Å². The molecule has 4 amide bonds. The van der Waals surface area contributed by atoms with Gasteiger partial charge in [0.1, 0.15) is 29.3 Å². The van der Waals surface area contributed by atoms with Gasteiger partial charge in [-0.2, -0.15) is 0 Å². The number of ether oxygens (including phenoxy) is 3. The van der Waals surface area contributed by atoms with Crippen LogP contribution in [0.4, 0.5) is 10.5 Å². The summed E-state index contributed by atoms with van der Waals surface area (Å²) in [6, 6.07) is 21.1. The van der Waals surface area contributed by atoms with Gasteiger partial charge in [-0.1, -0.05) is 19.1 Å². The zero-order valence-corrected chi connectivity index (χ0v) is 46.5. The van der Waals surface area contributed by atoms with Crippen molar-refractivity contribution in [1.82, 2.24) is 44.4 Å². The first kappa shape index (κ1) is 55.7. The Bertz CT molecular complexity index is 2950. The van der Waals surface area contributed by atoms with E-state index >= 15 is 0 Å². The molecule has 4 aliphatic heterocycles. The second-order valence-electron chi connectivity index (χ2n) is 22.3. The maximum absolute atomic E-state index is 14.0. The van der Waals surface area contributed by atoms with Gasteiger partial charge in [0.05, 0.1) is 43.2 Å². The first-order valence-corrected chi connectivity index (χ1v) is 28.0. The van der Waals surface area contributed by atoms with Crippen LogP contribution in [0.1, 0.15) is 109 Å². The maximum atomic E-state index is 14.0. The Morgan fingerprint density at radius 2 is 1.51 bits per heavy atom. The number of amides is 4. The fourth-order valence-corrected chi connectivity index (χ4v) is 11.3. The van der Waals surface area contributed by atoms with Gasteiger partial charge in [-0.25, -0.2) is 9.78 Å². The molecule has 416 valence electrons. The fraction of sp³-hybridized carbons (Fsp3) is 0.517. The molecule has 0 radical (unpaired) electrons. The molecule has 4 fully saturated rings. The van der Waals surface area contributed by atoms with Crippen molar-refractivity contribution in [2.24, 2.45) is 5.92 Å². The number of hydrogen-bond acceptors (Lipinski definition) is 13. The van der Waals surface area contributed by atoms with Gasteiger partial charge in [0.15, 0.2) is 0 Å². The molecule has 78 heavy (non-hydrogen) atoms. The van der Waals surface area contributed by atoms with Crippen LogP contribution < -0.4 is 19.9 Å². The minimum absolute atomic E-state index is 0.0199. The van der Waals surface area contributed by atoms with E-state index in [9.17, 15) is 24.0 Å². The number of anilines is 1. The van der Waals surface area contributed by atoms with Gasteiger partial charge in [-0.15, -0.1) is 0 Å². The van der Waals surface area contributed by atoms with Crippen molar-refractivity contribution < 1.29 is 33.4 Å². The van der Waals surface area contributed by atoms with Crippen molar-refractivity contribution in [3.05, 3.63) is 123 Å². The number of fused-ring (bicyclic) bond motifs is 1. The third-order valence-corrected chi connectivity index (χ3v) is 15.7. The fourth-order valence-electron chi connectivity index (χ4n) is 11.3. The number of benzene rings is 2. The van der Waals surface area contributed by atoms with E-state index in [2.05, 4.69) is 35.7 Å². The number of likely N-dealkylation sites (tertiary alicyclic amines) is 2. The lowest BCUT2D eigenvalue weighted by molar-refractivity contribution is -0.133. The third kappa shape index (κ3) is 14.0. The molecule has 4 saturated heterocycles. The first-order chi connectivity index (χ1) is 37.6. The Morgan fingerprint density at radius 1 is 0.756 bits per heavy atom. The zero-order chi connectivity index (χ0) is 54.9. The van der Waals surface area contributed by atoms with Crippen LogP contribution in [0.2, 0.25) is 0 Å². The smallest absolute Gasteiger partial charge is 0.411 e. The quantitative estimate of drug-likeness (QED) is 0.106. The summed E-state index contributed by atoms with van der Waals surface area (Å²) < 4.78 is 17.1. The number of hydrogen-bond donors (Lipinski definition) is 1. The Morgan fingerprint density at radius 3 is 2.22 bits per heavy atom. The van der Waals surface area contributed by atoms with Gasteiger partial charge in [0.2, 0.25) is 5.91 Å². The number of nitrogens with one attached hydrogen (secondary N) is 1. The lowest BCUT2D eigenvalue weighted by Crippen LogP contribution is -2.50. The summed E-state index contributed by atoms with van der Waals surface area (Å²) in [5.41, 5.74) is 6.51. The summed E-state index contributed by atoms with van der Waals surface area (Å²) in [6.07, 6.45) is 7.37. The molecule has 5 aromatic rings. The Balaban J connectivity index is 0.704. The van der Waals surface area contributed by atoms with Crippen molar-refractivity contribution in [3.8, 4) is 11.5 Å². The van der Waals surface area contributed by atoms with E-state index in [1.807, 2.05) is 95.5 Å². The van der Waals surface area contributed by atoms with Crippen LogP contribution in [-0.2, 0) is 29.0 Å². The molecule has 1 N–H and O–H groups in total. The van der Waals surface area contributed by atoms with E-state index in [4.69, 9.17) is 14.2 Å². The topological polar surface area (TPSA) is 177 Å². The number of methoxy groups -OCH3 is 1. The minimum atomic E-state index is -0.753. The van der Waals surface area contributed by atoms with Crippen molar-refractivity contribution in [3.63, 3.8) is 0 Å². The monoisotopic (exact) mass is 1070 g/mol. The van der Waals surface area contributed by atoms with Crippen LogP contribution in [0.5, 0.6) is 11.5 Å². The van der Waals surface area contributed by atoms with Gasteiger partial charge >= 0.3 is 6.09 Å². The van der Waals surface area contributed by atoms with Crippen LogP contribution in [0.3, 0.4) is 0 Å². The standard InChI is InChI=1S/C60H78N10O8/c1-7-44-33-52-53(63-56(44)72)31-43(35-61-52)38-65-23-27-66(28-24-65)49-15-17-51(62-36-49)58(74)67-21-18-42(19-22-67)37-64-25-29-68(30-26-64)57(73)46-12-9-11-45(32-46)47-13-10-20-69(39-47)55(71)41-70(59(75)78-60(3,4)5)40-48-14-16-50(76-6)34-54(48)77-8-2/h9,11-12,14-17,31-36,42,47H,7-8,10,13,18-30,37-41H2,1-6H3,(H,63,72)/t47-/m1/s1. The second kappa shape index (κ2) is 25.2. The molecule has 4 aliphatic rings. The summed E-state index contributed by atoms with van der Waals surface area (Å²) in [7, 11) is 1.59. The van der Waals surface area contributed by atoms with E-state index in [0.29, 0.717) is 81.0 Å². The van der Waals surface area contributed by atoms with Gasteiger partial charge in [-0.3, -0.25) is 38.9 Å². The average Bonchev–Trinajstić information content (AvgIpc) is 3.48. The summed E-state index contributed by atoms with van der Waals surface area (Å²) >= 11 is 0. The molecule has 0 bridgehead atoms. The predicted molar refractivity (Wildman–Crippen MR) is 300 cm³/mol. The number of pyridine rings is 3. The second-order valence-corrected chi connectivity index (χ2v) is 22.3.